The normalized spacial score (nSPS) is 13.1. The van der Waals surface area contributed by atoms with Crippen LogP contribution >= 0.6 is 12.4 Å². The maximum Gasteiger partial charge on any atom is 0.240 e. The molecule has 0 spiro atoms. The molecule has 0 amide bonds. The molecule has 3 N–H and O–H groups in total. The molecule has 0 heterocycles. The fourth-order valence-electron chi connectivity index (χ4n) is 1.54. The molecule has 0 radical (unpaired) electrons. The van der Waals surface area contributed by atoms with E-state index in [4.69, 9.17) is 5.73 Å². The molecule has 0 bridgehead atoms. The average Bonchev–Trinajstić information content (AvgIpc) is 2.28. The summed E-state index contributed by atoms with van der Waals surface area (Å²) >= 11 is 0. The highest BCUT2D eigenvalue weighted by atomic mass is 35.5. The highest BCUT2D eigenvalue weighted by molar-refractivity contribution is 7.89. The van der Waals surface area contributed by atoms with Crippen molar-refractivity contribution in [2.45, 2.75) is 44.0 Å². The number of nitrogens with one attached hydrogen (secondary N) is 1. The Kier molecular flexibility index (Phi) is 7.59. The molecular weight excluding hydrogens is 284 g/mol. The third-order valence-corrected chi connectivity index (χ3v) is 4.23. The Morgan fingerprint density at radius 3 is 2.11 bits per heavy atom. The molecule has 4 nitrogen and oxygen atoms in total. The van der Waals surface area contributed by atoms with Crippen LogP contribution in [0.5, 0.6) is 0 Å². The van der Waals surface area contributed by atoms with Gasteiger partial charge in [0.2, 0.25) is 10.0 Å². The summed E-state index contributed by atoms with van der Waals surface area (Å²) in [5.41, 5.74) is 6.71. The van der Waals surface area contributed by atoms with Gasteiger partial charge in [-0.1, -0.05) is 26.0 Å². The van der Waals surface area contributed by atoms with E-state index in [1.54, 1.807) is 12.1 Å². The van der Waals surface area contributed by atoms with Crippen molar-refractivity contribution in [3.05, 3.63) is 29.8 Å². The molecule has 0 aliphatic carbocycles. The van der Waals surface area contributed by atoms with Gasteiger partial charge in [-0.2, -0.15) is 0 Å². The Balaban J connectivity index is 0.00000324. The molecule has 1 aromatic carbocycles. The summed E-state index contributed by atoms with van der Waals surface area (Å²) in [6, 6.07) is 6.99. The Hall–Kier alpha value is -0.620. The van der Waals surface area contributed by atoms with Crippen LogP contribution in [0.4, 0.5) is 0 Å². The van der Waals surface area contributed by atoms with Crippen LogP contribution in [0.1, 0.15) is 38.7 Å². The van der Waals surface area contributed by atoms with Gasteiger partial charge in [-0.05, 0) is 37.0 Å². The summed E-state index contributed by atoms with van der Waals surface area (Å²) in [6.45, 7) is 6.37. The summed E-state index contributed by atoms with van der Waals surface area (Å²) in [5.74, 6) is 0.396. The lowest BCUT2D eigenvalue weighted by Crippen LogP contribution is -2.29. The molecule has 0 aliphatic rings. The van der Waals surface area contributed by atoms with E-state index in [0.717, 1.165) is 5.56 Å². The predicted molar refractivity (Wildman–Crippen MR) is 81.2 cm³/mol. The van der Waals surface area contributed by atoms with Crippen molar-refractivity contribution in [1.82, 2.24) is 4.72 Å². The number of nitrogens with two attached hydrogens (primary N) is 1. The summed E-state index contributed by atoms with van der Waals surface area (Å²) in [4.78, 5) is 0.302. The minimum Gasteiger partial charge on any atom is -0.328 e. The molecule has 0 aliphatic heterocycles. The van der Waals surface area contributed by atoms with Crippen molar-refractivity contribution >= 4 is 22.4 Å². The van der Waals surface area contributed by atoms with Gasteiger partial charge >= 0.3 is 0 Å². The average molecular weight is 307 g/mol. The Bertz CT molecular complexity index is 470. The number of halogens is 1. The number of hydrogen-bond donors (Lipinski definition) is 2. The van der Waals surface area contributed by atoms with Crippen molar-refractivity contribution in [1.29, 1.82) is 0 Å². The van der Waals surface area contributed by atoms with Gasteiger partial charge in [0.1, 0.15) is 0 Å². The van der Waals surface area contributed by atoms with Gasteiger partial charge in [-0.3, -0.25) is 0 Å². The van der Waals surface area contributed by atoms with E-state index in [1.807, 2.05) is 19.1 Å². The summed E-state index contributed by atoms with van der Waals surface area (Å²) in [6.07, 6.45) is 0.628. The molecule has 0 saturated heterocycles. The van der Waals surface area contributed by atoms with Crippen LogP contribution in [0, 0.1) is 0 Å². The molecule has 0 saturated carbocycles. The zero-order valence-corrected chi connectivity index (χ0v) is 13.2. The monoisotopic (exact) mass is 306 g/mol. The quantitative estimate of drug-likeness (QED) is 0.846. The molecule has 19 heavy (non-hydrogen) atoms. The van der Waals surface area contributed by atoms with Gasteiger partial charge in [-0.25, -0.2) is 13.1 Å². The second kappa shape index (κ2) is 7.85. The minimum absolute atomic E-state index is 0. The van der Waals surface area contributed by atoms with Crippen LogP contribution in [0.2, 0.25) is 0 Å². The standard InChI is InChI=1S/C13H22N2O2S.ClH/c1-10(2)12-4-6-13(7-5-12)18(16,17)15-9-8-11(3)14;/h4-7,10-11,15H,8-9,14H2,1-3H3;1H. The van der Waals surface area contributed by atoms with Crippen molar-refractivity contribution in [2.24, 2.45) is 5.73 Å². The van der Waals surface area contributed by atoms with Gasteiger partial charge in [0, 0.05) is 12.6 Å². The first kappa shape index (κ1) is 18.4. The first-order valence-corrected chi connectivity index (χ1v) is 7.66. The maximum absolute atomic E-state index is 11.9. The molecule has 6 heteroatoms. The fourth-order valence-corrected chi connectivity index (χ4v) is 2.58. The van der Waals surface area contributed by atoms with Crippen LogP contribution in [0.3, 0.4) is 0 Å². The Labute approximate surface area is 122 Å². The molecule has 1 unspecified atom stereocenters. The Morgan fingerprint density at radius 1 is 1.16 bits per heavy atom. The number of sulfonamides is 1. The van der Waals surface area contributed by atoms with Gasteiger partial charge in [0.05, 0.1) is 4.90 Å². The lowest BCUT2D eigenvalue weighted by Gasteiger charge is -2.10. The van der Waals surface area contributed by atoms with Crippen LogP contribution in [0.15, 0.2) is 29.2 Å². The van der Waals surface area contributed by atoms with Crippen molar-refractivity contribution in [2.75, 3.05) is 6.54 Å². The maximum atomic E-state index is 11.9. The third kappa shape index (κ3) is 5.91. The van der Waals surface area contributed by atoms with Gasteiger partial charge in [0.25, 0.3) is 0 Å². The minimum atomic E-state index is -3.40. The molecule has 1 aromatic rings. The Morgan fingerprint density at radius 2 is 1.68 bits per heavy atom. The van der Waals surface area contributed by atoms with E-state index < -0.39 is 10.0 Å². The van der Waals surface area contributed by atoms with E-state index in [1.165, 1.54) is 0 Å². The smallest absolute Gasteiger partial charge is 0.240 e. The lowest BCUT2D eigenvalue weighted by molar-refractivity contribution is 0.571. The zero-order chi connectivity index (χ0) is 13.8. The largest absolute Gasteiger partial charge is 0.328 e. The van der Waals surface area contributed by atoms with E-state index in [0.29, 0.717) is 23.8 Å². The molecule has 0 fully saturated rings. The van der Waals surface area contributed by atoms with Crippen LogP contribution in [-0.4, -0.2) is 21.0 Å². The second-order valence-electron chi connectivity index (χ2n) is 4.89. The summed E-state index contributed by atoms with van der Waals surface area (Å²) in [5, 5.41) is 0. The van der Waals surface area contributed by atoms with Crippen molar-refractivity contribution in [3.8, 4) is 0 Å². The van der Waals surface area contributed by atoms with E-state index in [9.17, 15) is 8.42 Å². The zero-order valence-electron chi connectivity index (χ0n) is 11.6. The van der Waals surface area contributed by atoms with E-state index >= 15 is 0 Å². The topological polar surface area (TPSA) is 72.2 Å². The van der Waals surface area contributed by atoms with E-state index in [-0.39, 0.29) is 18.4 Å². The van der Waals surface area contributed by atoms with Gasteiger partial charge in [-0.15, -0.1) is 12.4 Å². The molecule has 1 atom stereocenters. The number of hydrogen-bond acceptors (Lipinski definition) is 3. The van der Waals surface area contributed by atoms with Crippen LogP contribution in [-0.2, 0) is 10.0 Å². The predicted octanol–water partition coefficient (Wildman–Crippen LogP) is 2.25. The van der Waals surface area contributed by atoms with E-state index in [2.05, 4.69) is 18.6 Å². The fraction of sp³-hybridized carbons (Fsp3) is 0.538. The SMILES string of the molecule is CC(N)CCNS(=O)(=O)c1ccc(C(C)C)cc1.Cl. The van der Waals surface area contributed by atoms with Crippen molar-refractivity contribution < 1.29 is 8.42 Å². The van der Waals surface area contributed by atoms with Gasteiger partial charge in [0.15, 0.2) is 0 Å². The molecule has 0 aromatic heterocycles. The highest BCUT2D eigenvalue weighted by Crippen LogP contribution is 2.17. The summed E-state index contributed by atoms with van der Waals surface area (Å²) < 4.78 is 26.4. The second-order valence-corrected chi connectivity index (χ2v) is 6.65. The summed E-state index contributed by atoms with van der Waals surface area (Å²) in [7, 11) is -3.40. The third-order valence-electron chi connectivity index (χ3n) is 2.75. The molecule has 1 rings (SSSR count). The lowest BCUT2D eigenvalue weighted by atomic mass is 10.0. The molecular formula is C13H23ClN2O2S. The first-order chi connectivity index (χ1) is 8.33. The number of benzene rings is 1. The first-order valence-electron chi connectivity index (χ1n) is 6.18. The van der Waals surface area contributed by atoms with Gasteiger partial charge < -0.3 is 5.73 Å². The van der Waals surface area contributed by atoms with Crippen molar-refractivity contribution in [3.63, 3.8) is 0 Å². The van der Waals surface area contributed by atoms with Crippen LogP contribution < -0.4 is 10.5 Å². The number of rotatable bonds is 6. The highest BCUT2D eigenvalue weighted by Gasteiger charge is 2.13. The van der Waals surface area contributed by atoms with Crippen LogP contribution in [0.25, 0.3) is 0 Å². The molecule has 110 valence electrons.